The highest BCUT2D eigenvalue weighted by atomic mass is 15.3. The molecule has 2 saturated heterocycles. The molecule has 3 heteroatoms. The molecule has 2 aliphatic rings. The van der Waals surface area contributed by atoms with E-state index >= 15 is 0 Å². The molecule has 0 saturated carbocycles. The zero-order valence-electron chi connectivity index (χ0n) is 8.16. The molecule has 2 bridgehead atoms. The van der Waals surface area contributed by atoms with Crippen LogP contribution in [0, 0.1) is 11.3 Å². The Labute approximate surface area is 79.7 Å². The van der Waals surface area contributed by atoms with Crippen LogP contribution in [0.5, 0.6) is 0 Å². The van der Waals surface area contributed by atoms with Crippen molar-refractivity contribution in [3.8, 4) is 6.07 Å². The molecule has 2 aliphatic heterocycles. The van der Waals surface area contributed by atoms with Crippen molar-refractivity contribution in [1.29, 1.82) is 5.26 Å². The average molecular weight is 179 g/mol. The van der Waals surface area contributed by atoms with Crippen molar-refractivity contribution in [3.63, 3.8) is 0 Å². The van der Waals surface area contributed by atoms with E-state index in [9.17, 15) is 0 Å². The summed E-state index contributed by atoms with van der Waals surface area (Å²) in [5.74, 6) is 0. The first kappa shape index (κ1) is 8.98. The van der Waals surface area contributed by atoms with Gasteiger partial charge in [-0.05, 0) is 32.7 Å². The van der Waals surface area contributed by atoms with Crippen LogP contribution in [0.15, 0.2) is 0 Å². The van der Waals surface area contributed by atoms with E-state index in [-0.39, 0.29) is 6.04 Å². The molecular weight excluding hydrogens is 162 g/mol. The Morgan fingerprint density at radius 3 is 2.92 bits per heavy atom. The predicted octanol–water partition coefficient (Wildman–Crippen LogP) is 0.725. The maximum atomic E-state index is 8.93. The van der Waals surface area contributed by atoms with E-state index in [1.165, 1.54) is 19.3 Å². The van der Waals surface area contributed by atoms with Gasteiger partial charge in [0, 0.05) is 18.6 Å². The molecule has 72 valence electrons. The minimum Gasteiger partial charge on any atom is -0.315 e. The van der Waals surface area contributed by atoms with Crippen LogP contribution in [-0.4, -0.2) is 36.1 Å². The van der Waals surface area contributed by atoms with E-state index in [0.29, 0.717) is 12.1 Å². The Bertz CT molecular complexity index is 207. The quantitative estimate of drug-likeness (QED) is 0.645. The molecule has 3 unspecified atom stereocenters. The van der Waals surface area contributed by atoms with Crippen LogP contribution in [-0.2, 0) is 0 Å². The Morgan fingerprint density at radius 2 is 2.15 bits per heavy atom. The first-order chi connectivity index (χ1) is 6.33. The summed E-state index contributed by atoms with van der Waals surface area (Å²) in [5, 5.41) is 12.4. The van der Waals surface area contributed by atoms with E-state index in [0.717, 1.165) is 13.1 Å². The monoisotopic (exact) mass is 179 g/mol. The van der Waals surface area contributed by atoms with E-state index in [2.05, 4.69) is 16.3 Å². The molecule has 0 aromatic carbocycles. The third-order valence-corrected chi connectivity index (χ3v) is 3.34. The van der Waals surface area contributed by atoms with E-state index in [1.54, 1.807) is 0 Å². The number of rotatable bonds is 1. The number of nitrogens with zero attached hydrogens (tertiary/aromatic N) is 2. The highest BCUT2D eigenvalue weighted by Gasteiger charge is 2.37. The molecule has 1 N–H and O–H groups in total. The molecule has 0 radical (unpaired) electrons. The lowest BCUT2D eigenvalue weighted by atomic mass is 10.1. The van der Waals surface area contributed by atoms with Gasteiger partial charge in [-0.3, -0.25) is 4.90 Å². The Balaban J connectivity index is 2.12. The fourth-order valence-corrected chi connectivity index (χ4v) is 2.72. The highest BCUT2D eigenvalue weighted by molar-refractivity contribution is 5.00. The van der Waals surface area contributed by atoms with Crippen LogP contribution in [0.4, 0.5) is 0 Å². The molecule has 2 fully saturated rings. The number of hydrogen-bond acceptors (Lipinski definition) is 3. The molecule has 0 aromatic rings. The van der Waals surface area contributed by atoms with Crippen molar-refractivity contribution in [2.45, 2.75) is 44.3 Å². The minimum atomic E-state index is 0.0948. The van der Waals surface area contributed by atoms with E-state index in [4.69, 9.17) is 5.26 Å². The second kappa shape index (κ2) is 3.65. The smallest absolute Gasteiger partial charge is 0.0954 e. The maximum absolute atomic E-state index is 8.93. The van der Waals surface area contributed by atoms with Crippen LogP contribution in [0.25, 0.3) is 0 Å². The average Bonchev–Trinajstić information content (AvgIpc) is 2.38. The van der Waals surface area contributed by atoms with Gasteiger partial charge in [0.15, 0.2) is 0 Å². The van der Waals surface area contributed by atoms with Gasteiger partial charge in [-0.15, -0.1) is 0 Å². The molecule has 3 atom stereocenters. The second-order valence-electron chi connectivity index (χ2n) is 4.13. The number of fused-ring (bicyclic) bond motifs is 2. The van der Waals surface area contributed by atoms with Gasteiger partial charge in [-0.2, -0.15) is 5.26 Å². The van der Waals surface area contributed by atoms with Crippen molar-refractivity contribution in [2.75, 3.05) is 13.1 Å². The highest BCUT2D eigenvalue weighted by Crippen LogP contribution is 2.29. The van der Waals surface area contributed by atoms with Crippen molar-refractivity contribution >= 4 is 0 Å². The van der Waals surface area contributed by atoms with Gasteiger partial charge in [0.2, 0.25) is 0 Å². The third kappa shape index (κ3) is 1.56. The second-order valence-corrected chi connectivity index (χ2v) is 4.13. The lowest BCUT2D eigenvalue weighted by Crippen LogP contribution is -2.43. The topological polar surface area (TPSA) is 39.1 Å². The van der Waals surface area contributed by atoms with E-state index in [1.807, 2.05) is 6.92 Å². The van der Waals surface area contributed by atoms with Crippen LogP contribution in [0.2, 0.25) is 0 Å². The minimum absolute atomic E-state index is 0.0948. The normalized spacial score (nSPS) is 36.6. The van der Waals surface area contributed by atoms with Crippen molar-refractivity contribution in [1.82, 2.24) is 10.2 Å². The lowest BCUT2D eigenvalue weighted by molar-refractivity contribution is 0.177. The maximum Gasteiger partial charge on any atom is 0.0954 e. The SMILES string of the molecule is CC(C#N)N1C2CCNCC1CC2. The first-order valence-corrected chi connectivity index (χ1v) is 5.20. The summed E-state index contributed by atoms with van der Waals surface area (Å²) >= 11 is 0. The Hall–Kier alpha value is -0.590. The molecule has 2 heterocycles. The molecule has 0 aromatic heterocycles. The standard InChI is InChI=1S/C10H17N3/c1-8(6-11)13-9-2-3-10(13)7-12-5-4-9/h8-10,12H,2-5,7H2,1H3. The summed E-state index contributed by atoms with van der Waals surface area (Å²) < 4.78 is 0. The fourth-order valence-electron chi connectivity index (χ4n) is 2.72. The van der Waals surface area contributed by atoms with Crippen LogP contribution >= 0.6 is 0 Å². The van der Waals surface area contributed by atoms with Gasteiger partial charge in [0.05, 0.1) is 12.1 Å². The molecular formula is C10H17N3. The third-order valence-electron chi connectivity index (χ3n) is 3.34. The van der Waals surface area contributed by atoms with Crippen LogP contribution in [0.3, 0.4) is 0 Å². The molecule has 0 spiro atoms. The zero-order chi connectivity index (χ0) is 9.26. The molecule has 0 amide bonds. The lowest BCUT2D eigenvalue weighted by Gasteiger charge is -2.29. The van der Waals surface area contributed by atoms with Gasteiger partial charge >= 0.3 is 0 Å². The summed E-state index contributed by atoms with van der Waals surface area (Å²) in [6.07, 6.45) is 3.77. The van der Waals surface area contributed by atoms with Crippen molar-refractivity contribution in [2.24, 2.45) is 0 Å². The van der Waals surface area contributed by atoms with Crippen molar-refractivity contribution in [3.05, 3.63) is 0 Å². The predicted molar refractivity (Wildman–Crippen MR) is 51.2 cm³/mol. The summed E-state index contributed by atoms with van der Waals surface area (Å²) in [7, 11) is 0. The Kier molecular flexibility index (Phi) is 2.52. The van der Waals surface area contributed by atoms with Gasteiger partial charge in [0.25, 0.3) is 0 Å². The summed E-state index contributed by atoms with van der Waals surface area (Å²) in [6, 6.07) is 3.73. The van der Waals surface area contributed by atoms with Gasteiger partial charge in [-0.1, -0.05) is 0 Å². The van der Waals surface area contributed by atoms with Gasteiger partial charge in [0.1, 0.15) is 0 Å². The summed E-state index contributed by atoms with van der Waals surface area (Å²) in [6.45, 7) is 4.22. The van der Waals surface area contributed by atoms with Crippen molar-refractivity contribution < 1.29 is 0 Å². The molecule has 3 nitrogen and oxygen atoms in total. The number of nitriles is 1. The first-order valence-electron chi connectivity index (χ1n) is 5.20. The number of nitrogens with one attached hydrogen (secondary N) is 1. The molecule has 0 aliphatic carbocycles. The van der Waals surface area contributed by atoms with Crippen LogP contribution in [0.1, 0.15) is 26.2 Å². The molecule has 2 rings (SSSR count). The fraction of sp³-hybridized carbons (Fsp3) is 0.900. The van der Waals surface area contributed by atoms with Crippen LogP contribution < -0.4 is 5.32 Å². The Morgan fingerprint density at radius 1 is 1.38 bits per heavy atom. The number of hydrogen-bond donors (Lipinski definition) is 1. The van der Waals surface area contributed by atoms with E-state index < -0.39 is 0 Å². The van der Waals surface area contributed by atoms with Gasteiger partial charge in [-0.25, -0.2) is 0 Å². The largest absolute Gasteiger partial charge is 0.315 e. The molecule has 13 heavy (non-hydrogen) atoms. The van der Waals surface area contributed by atoms with Gasteiger partial charge < -0.3 is 5.32 Å². The zero-order valence-corrected chi connectivity index (χ0v) is 8.16. The summed E-state index contributed by atoms with van der Waals surface area (Å²) in [4.78, 5) is 2.42. The summed E-state index contributed by atoms with van der Waals surface area (Å²) in [5.41, 5.74) is 0.